The van der Waals surface area contributed by atoms with Crippen LogP contribution in [0.1, 0.15) is 27.7 Å². The molecule has 0 spiro atoms. The van der Waals surface area contributed by atoms with E-state index < -0.39 is 29.5 Å². The highest BCUT2D eigenvalue weighted by atomic mass is 19.4. The third kappa shape index (κ3) is 4.00. The average molecular weight is 241 g/mol. The van der Waals surface area contributed by atoms with E-state index in [1.807, 2.05) is 0 Å². The molecule has 0 radical (unpaired) electrons. The van der Waals surface area contributed by atoms with Crippen molar-refractivity contribution in [1.82, 2.24) is 0 Å². The third-order valence-corrected chi connectivity index (χ3v) is 2.21. The number of ether oxygens (including phenoxy) is 1. The molecular weight excluding hydrogens is 223 g/mol. The summed E-state index contributed by atoms with van der Waals surface area (Å²) in [5.74, 6) is -2.30. The highest BCUT2D eigenvalue weighted by Gasteiger charge is 2.50. The lowest BCUT2D eigenvalue weighted by Gasteiger charge is -2.33. The van der Waals surface area contributed by atoms with Crippen molar-refractivity contribution < 1.29 is 22.7 Å². The van der Waals surface area contributed by atoms with Crippen molar-refractivity contribution in [2.45, 2.75) is 39.9 Å². The predicted molar refractivity (Wildman–Crippen MR) is 53.6 cm³/mol. The fourth-order valence-electron chi connectivity index (χ4n) is 1.46. The molecule has 6 heteroatoms. The van der Waals surface area contributed by atoms with Crippen LogP contribution in [0.15, 0.2) is 0 Å². The first-order chi connectivity index (χ1) is 7.01. The van der Waals surface area contributed by atoms with E-state index in [0.717, 1.165) is 0 Å². The van der Waals surface area contributed by atoms with Gasteiger partial charge in [0.15, 0.2) is 0 Å². The molecule has 0 aliphatic heterocycles. The molecule has 0 saturated carbocycles. The number of halogens is 3. The Labute approximate surface area is 93.1 Å². The minimum absolute atomic E-state index is 0.0377. The standard InChI is InChI=1S/C10H18F3NO2/c1-5-16-8(15)6(9(2,3)4)7(14)10(11,12)13/h6-7H,5,14H2,1-4H3/t6-,7-/m0/s1. The highest BCUT2D eigenvalue weighted by molar-refractivity contribution is 5.74. The maximum absolute atomic E-state index is 12.5. The van der Waals surface area contributed by atoms with E-state index in [1.165, 1.54) is 27.7 Å². The zero-order valence-corrected chi connectivity index (χ0v) is 9.89. The van der Waals surface area contributed by atoms with Crippen LogP contribution >= 0.6 is 0 Å². The first-order valence-electron chi connectivity index (χ1n) is 5.00. The smallest absolute Gasteiger partial charge is 0.404 e. The molecule has 0 aromatic heterocycles. The molecule has 2 N–H and O–H groups in total. The third-order valence-electron chi connectivity index (χ3n) is 2.21. The fourth-order valence-corrected chi connectivity index (χ4v) is 1.46. The summed E-state index contributed by atoms with van der Waals surface area (Å²) < 4.78 is 42.1. The Morgan fingerprint density at radius 1 is 1.31 bits per heavy atom. The molecule has 0 aromatic carbocycles. The Kier molecular flexibility index (Phi) is 4.79. The van der Waals surface area contributed by atoms with Gasteiger partial charge in [-0.2, -0.15) is 13.2 Å². The van der Waals surface area contributed by atoms with E-state index in [9.17, 15) is 18.0 Å². The number of alkyl halides is 3. The Bertz CT molecular complexity index is 245. The minimum Gasteiger partial charge on any atom is -0.466 e. The Morgan fingerprint density at radius 2 is 1.75 bits per heavy atom. The topological polar surface area (TPSA) is 52.3 Å². The van der Waals surface area contributed by atoms with Crippen molar-refractivity contribution in [3.63, 3.8) is 0 Å². The van der Waals surface area contributed by atoms with E-state index in [4.69, 9.17) is 5.73 Å². The molecule has 16 heavy (non-hydrogen) atoms. The van der Waals surface area contributed by atoms with Gasteiger partial charge in [0, 0.05) is 0 Å². The largest absolute Gasteiger partial charge is 0.466 e. The van der Waals surface area contributed by atoms with E-state index in [1.54, 1.807) is 0 Å². The summed E-state index contributed by atoms with van der Waals surface area (Å²) in [6.07, 6.45) is -4.61. The lowest BCUT2D eigenvalue weighted by atomic mass is 9.76. The maximum Gasteiger partial charge on any atom is 0.404 e. The normalized spacial score (nSPS) is 16.8. The monoisotopic (exact) mass is 241 g/mol. The first-order valence-corrected chi connectivity index (χ1v) is 5.00. The van der Waals surface area contributed by atoms with E-state index >= 15 is 0 Å². The van der Waals surface area contributed by atoms with E-state index in [-0.39, 0.29) is 6.61 Å². The van der Waals surface area contributed by atoms with Crippen LogP contribution in [0.4, 0.5) is 13.2 Å². The SMILES string of the molecule is CCOC(=O)[C@H]([C@H](N)C(F)(F)F)C(C)(C)C. The summed E-state index contributed by atoms with van der Waals surface area (Å²) in [4.78, 5) is 11.5. The predicted octanol–water partition coefficient (Wildman–Crippen LogP) is 2.10. The second-order valence-corrected chi connectivity index (χ2v) is 4.66. The molecule has 96 valence electrons. The van der Waals surface area contributed by atoms with Gasteiger partial charge in [0.05, 0.1) is 12.5 Å². The number of hydrogen-bond donors (Lipinski definition) is 1. The fraction of sp³-hybridized carbons (Fsp3) is 0.900. The van der Waals surface area contributed by atoms with Crippen LogP contribution in [-0.2, 0) is 9.53 Å². The van der Waals surface area contributed by atoms with Crippen LogP contribution in [0.25, 0.3) is 0 Å². The second-order valence-electron chi connectivity index (χ2n) is 4.66. The minimum atomic E-state index is -4.61. The van der Waals surface area contributed by atoms with Gasteiger partial charge in [0.25, 0.3) is 0 Å². The van der Waals surface area contributed by atoms with Gasteiger partial charge in [-0.3, -0.25) is 4.79 Å². The molecule has 0 amide bonds. The highest BCUT2D eigenvalue weighted by Crippen LogP contribution is 2.35. The molecule has 3 nitrogen and oxygen atoms in total. The summed E-state index contributed by atoms with van der Waals surface area (Å²) in [5, 5.41) is 0. The molecule has 0 aliphatic rings. The molecule has 0 aromatic rings. The van der Waals surface area contributed by atoms with Crippen molar-refractivity contribution in [3.8, 4) is 0 Å². The van der Waals surface area contributed by atoms with Gasteiger partial charge in [-0.1, -0.05) is 20.8 Å². The molecule has 0 heterocycles. The number of rotatable bonds is 3. The maximum atomic E-state index is 12.5. The molecule has 0 aliphatic carbocycles. The van der Waals surface area contributed by atoms with Crippen LogP contribution in [-0.4, -0.2) is 24.8 Å². The van der Waals surface area contributed by atoms with Crippen LogP contribution in [0.3, 0.4) is 0 Å². The molecule has 0 saturated heterocycles. The number of nitrogens with two attached hydrogens (primary N) is 1. The number of carbonyl (C=O) groups is 1. The quantitative estimate of drug-likeness (QED) is 0.770. The van der Waals surface area contributed by atoms with Gasteiger partial charge in [-0.05, 0) is 12.3 Å². The van der Waals surface area contributed by atoms with Crippen LogP contribution in [0, 0.1) is 11.3 Å². The van der Waals surface area contributed by atoms with Crippen molar-refractivity contribution in [3.05, 3.63) is 0 Å². The molecular formula is C10H18F3NO2. The first kappa shape index (κ1) is 15.2. The molecule has 2 atom stereocenters. The summed E-state index contributed by atoms with van der Waals surface area (Å²) >= 11 is 0. The van der Waals surface area contributed by atoms with Crippen LogP contribution in [0.2, 0.25) is 0 Å². The van der Waals surface area contributed by atoms with Gasteiger partial charge >= 0.3 is 12.1 Å². The van der Waals surface area contributed by atoms with Crippen molar-refractivity contribution >= 4 is 5.97 Å². The van der Waals surface area contributed by atoms with E-state index in [0.29, 0.717) is 0 Å². The summed E-state index contributed by atoms with van der Waals surface area (Å²) in [6, 6.07) is -2.20. The zero-order chi connectivity index (χ0) is 13.1. The Hall–Kier alpha value is -0.780. The van der Waals surface area contributed by atoms with Crippen molar-refractivity contribution in [2.75, 3.05) is 6.61 Å². The zero-order valence-electron chi connectivity index (χ0n) is 9.89. The lowest BCUT2D eigenvalue weighted by molar-refractivity contribution is -0.184. The lowest BCUT2D eigenvalue weighted by Crippen LogP contribution is -2.52. The molecule has 0 rings (SSSR count). The van der Waals surface area contributed by atoms with Crippen LogP contribution in [0.5, 0.6) is 0 Å². The number of carbonyl (C=O) groups excluding carboxylic acids is 1. The van der Waals surface area contributed by atoms with Crippen LogP contribution < -0.4 is 5.73 Å². The van der Waals surface area contributed by atoms with E-state index in [2.05, 4.69) is 4.74 Å². The van der Waals surface area contributed by atoms with Gasteiger partial charge in [0.1, 0.15) is 6.04 Å². The van der Waals surface area contributed by atoms with Crippen molar-refractivity contribution in [2.24, 2.45) is 17.1 Å². The second kappa shape index (κ2) is 5.03. The Balaban J connectivity index is 5.04. The van der Waals surface area contributed by atoms with Gasteiger partial charge in [0.2, 0.25) is 0 Å². The molecule has 0 fully saturated rings. The summed E-state index contributed by atoms with van der Waals surface area (Å²) in [6.45, 7) is 6.16. The number of hydrogen-bond acceptors (Lipinski definition) is 3. The van der Waals surface area contributed by atoms with Crippen molar-refractivity contribution in [1.29, 1.82) is 0 Å². The Morgan fingerprint density at radius 3 is 2.00 bits per heavy atom. The van der Waals surface area contributed by atoms with Gasteiger partial charge in [-0.15, -0.1) is 0 Å². The summed E-state index contributed by atoms with van der Waals surface area (Å²) in [5.41, 5.74) is 4.18. The molecule has 0 bridgehead atoms. The average Bonchev–Trinajstić information content (AvgIpc) is 1.99. The van der Waals surface area contributed by atoms with Gasteiger partial charge in [-0.25, -0.2) is 0 Å². The number of esters is 1. The summed E-state index contributed by atoms with van der Waals surface area (Å²) in [7, 11) is 0. The molecule has 0 unspecified atom stereocenters. The van der Waals surface area contributed by atoms with Gasteiger partial charge < -0.3 is 10.5 Å².